The van der Waals surface area contributed by atoms with Crippen LogP contribution in [0.5, 0.6) is 0 Å². The van der Waals surface area contributed by atoms with E-state index >= 15 is 0 Å². The topological polar surface area (TPSA) is 101 Å². The van der Waals surface area contributed by atoms with Gasteiger partial charge in [0.15, 0.2) is 5.16 Å². The van der Waals surface area contributed by atoms with Crippen molar-refractivity contribution in [3.8, 4) is 0 Å². The van der Waals surface area contributed by atoms with Gasteiger partial charge in [-0.2, -0.15) is 0 Å². The van der Waals surface area contributed by atoms with E-state index < -0.39 is 5.97 Å². The van der Waals surface area contributed by atoms with Crippen molar-refractivity contribution >= 4 is 40.2 Å². The first kappa shape index (κ1) is 20.6. The Morgan fingerprint density at radius 1 is 1.14 bits per heavy atom. The summed E-state index contributed by atoms with van der Waals surface area (Å²) < 4.78 is 1.63. The van der Waals surface area contributed by atoms with E-state index in [0.29, 0.717) is 28.3 Å². The quantitative estimate of drug-likeness (QED) is 0.434. The van der Waals surface area contributed by atoms with Crippen LogP contribution >= 0.6 is 11.8 Å². The number of unbranched alkanes of at least 4 members (excludes halogenated alkanes) is 1. The number of nitrogens with zero attached hydrogens (tertiary/aromatic N) is 2. The zero-order chi connectivity index (χ0) is 20.8. The maximum atomic E-state index is 12.8. The molecule has 0 saturated heterocycles. The molecular formula is C21H21N3O4S. The highest BCUT2D eigenvalue weighted by Gasteiger charge is 2.13. The average Bonchev–Trinajstić information content (AvgIpc) is 2.72. The van der Waals surface area contributed by atoms with E-state index in [-0.39, 0.29) is 22.8 Å². The summed E-state index contributed by atoms with van der Waals surface area (Å²) in [7, 11) is 0. The number of para-hydroxylation sites is 1. The molecule has 3 rings (SSSR count). The zero-order valence-corrected chi connectivity index (χ0v) is 16.7. The van der Waals surface area contributed by atoms with Crippen molar-refractivity contribution in [2.45, 2.75) is 31.5 Å². The van der Waals surface area contributed by atoms with E-state index in [0.717, 1.165) is 12.8 Å². The summed E-state index contributed by atoms with van der Waals surface area (Å²) in [5.41, 5.74) is 1.17. The van der Waals surface area contributed by atoms with Crippen molar-refractivity contribution in [1.29, 1.82) is 0 Å². The summed E-state index contributed by atoms with van der Waals surface area (Å²) in [6, 6.07) is 13.1. The van der Waals surface area contributed by atoms with Gasteiger partial charge in [0, 0.05) is 12.2 Å². The molecular weight excluding hydrogens is 390 g/mol. The first-order valence-corrected chi connectivity index (χ1v) is 10.2. The fraction of sp³-hybridized carbons (Fsp3) is 0.238. The van der Waals surface area contributed by atoms with Crippen LogP contribution in [0.15, 0.2) is 58.5 Å². The van der Waals surface area contributed by atoms with Gasteiger partial charge in [0.25, 0.3) is 5.56 Å². The minimum atomic E-state index is -1.02. The number of benzene rings is 2. The normalized spacial score (nSPS) is 10.8. The summed E-state index contributed by atoms with van der Waals surface area (Å²) in [6.45, 7) is 2.60. The van der Waals surface area contributed by atoms with Crippen LogP contribution in [0.2, 0.25) is 0 Å². The van der Waals surface area contributed by atoms with Gasteiger partial charge in [-0.05, 0) is 42.8 Å². The number of hydrogen-bond acceptors (Lipinski definition) is 5. The largest absolute Gasteiger partial charge is 0.478 e. The van der Waals surface area contributed by atoms with Gasteiger partial charge in [-0.15, -0.1) is 0 Å². The summed E-state index contributed by atoms with van der Waals surface area (Å²) in [6.07, 6.45) is 1.78. The first-order valence-electron chi connectivity index (χ1n) is 9.25. The minimum absolute atomic E-state index is 0.0809. The van der Waals surface area contributed by atoms with Crippen molar-refractivity contribution in [3.63, 3.8) is 0 Å². The number of carbonyl (C=O) groups is 2. The molecule has 2 N–H and O–H groups in total. The maximum absolute atomic E-state index is 12.8. The molecule has 0 unspecified atom stereocenters. The highest BCUT2D eigenvalue weighted by atomic mass is 32.2. The number of rotatable bonds is 8. The van der Waals surface area contributed by atoms with Crippen LogP contribution in [0.25, 0.3) is 10.9 Å². The molecule has 150 valence electrons. The van der Waals surface area contributed by atoms with Crippen LogP contribution in [0.3, 0.4) is 0 Å². The van der Waals surface area contributed by atoms with Gasteiger partial charge < -0.3 is 10.4 Å². The molecule has 3 aromatic rings. The van der Waals surface area contributed by atoms with Gasteiger partial charge in [0.2, 0.25) is 5.91 Å². The number of aromatic nitrogens is 2. The highest BCUT2D eigenvalue weighted by Crippen LogP contribution is 2.19. The second kappa shape index (κ2) is 9.38. The Morgan fingerprint density at radius 2 is 1.86 bits per heavy atom. The molecule has 7 nitrogen and oxygen atoms in total. The Kier molecular flexibility index (Phi) is 6.66. The van der Waals surface area contributed by atoms with Crippen LogP contribution in [0.1, 0.15) is 30.1 Å². The molecule has 0 fully saturated rings. The molecule has 0 bridgehead atoms. The van der Waals surface area contributed by atoms with Crippen molar-refractivity contribution < 1.29 is 14.7 Å². The van der Waals surface area contributed by atoms with Gasteiger partial charge in [-0.25, -0.2) is 9.78 Å². The monoisotopic (exact) mass is 411 g/mol. The van der Waals surface area contributed by atoms with E-state index in [2.05, 4.69) is 17.2 Å². The summed E-state index contributed by atoms with van der Waals surface area (Å²) in [5, 5.41) is 12.7. The van der Waals surface area contributed by atoms with E-state index in [1.54, 1.807) is 16.7 Å². The lowest BCUT2D eigenvalue weighted by atomic mass is 10.2. The van der Waals surface area contributed by atoms with Crippen LogP contribution in [0, 0.1) is 0 Å². The van der Waals surface area contributed by atoms with Gasteiger partial charge in [-0.1, -0.05) is 37.2 Å². The average molecular weight is 411 g/mol. The minimum Gasteiger partial charge on any atom is -0.478 e. The SMILES string of the molecule is CCCCn1c(SCC(=O)Nc2ccc(C(=O)O)cc2)nc2ccccc2c1=O. The molecule has 2 aromatic carbocycles. The lowest BCUT2D eigenvalue weighted by molar-refractivity contribution is -0.113. The summed E-state index contributed by atoms with van der Waals surface area (Å²) in [4.78, 5) is 40.6. The molecule has 0 radical (unpaired) electrons. The van der Waals surface area contributed by atoms with E-state index in [1.165, 1.54) is 36.0 Å². The Hall–Kier alpha value is -3.13. The van der Waals surface area contributed by atoms with Crippen molar-refractivity contribution in [2.24, 2.45) is 0 Å². The fourth-order valence-electron chi connectivity index (χ4n) is 2.79. The number of nitrogens with one attached hydrogen (secondary N) is 1. The van der Waals surface area contributed by atoms with E-state index in [4.69, 9.17) is 5.11 Å². The first-order chi connectivity index (χ1) is 14.0. The van der Waals surface area contributed by atoms with Gasteiger partial charge >= 0.3 is 5.97 Å². The molecule has 1 amide bonds. The van der Waals surface area contributed by atoms with Crippen molar-refractivity contribution in [3.05, 3.63) is 64.4 Å². The van der Waals surface area contributed by atoms with Gasteiger partial charge in [0.05, 0.1) is 22.2 Å². The third kappa shape index (κ3) is 5.03. The Balaban J connectivity index is 1.75. The van der Waals surface area contributed by atoms with E-state index in [9.17, 15) is 14.4 Å². The second-order valence-corrected chi connectivity index (χ2v) is 7.38. The zero-order valence-electron chi connectivity index (χ0n) is 15.9. The number of anilines is 1. The number of carboxylic acids is 1. The number of aromatic carboxylic acids is 1. The van der Waals surface area contributed by atoms with Crippen LogP contribution in [0.4, 0.5) is 5.69 Å². The molecule has 0 aliphatic carbocycles. The number of carboxylic acid groups (broad SMARTS) is 1. The van der Waals surface area contributed by atoms with Gasteiger partial charge in [-0.3, -0.25) is 14.2 Å². The van der Waals surface area contributed by atoms with Crippen molar-refractivity contribution in [2.75, 3.05) is 11.1 Å². The molecule has 8 heteroatoms. The molecule has 29 heavy (non-hydrogen) atoms. The van der Waals surface area contributed by atoms with Crippen LogP contribution in [-0.2, 0) is 11.3 Å². The standard InChI is InChI=1S/C21H21N3O4S/c1-2-3-12-24-19(26)16-6-4-5-7-17(16)23-21(24)29-13-18(25)22-15-10-8-14(9-11-15)20(27)28/h4-11H,2-3,12-13H2,1H3,(H,22,25)(H,27,28). The lowest BCUT2D eigenvalue weighted by Crippen LogP contribution is -2.24. The molecule has 1 heterocycles. The number of carbonyl (C=O) groups excluding carboxylic acids is 1. The third-order valence-electron chi connectivity index (χ3n) is 4.31. The Morgan fingerprint density at radius 3 is 2.55 bits per heavy atom. The lowest BCUT2D eigenvalue weighted by Gasteiger charge is -2.12. The Bertz CT molecular complexity index is 1090. The van der Waals surface area contributed by atoms with Crippen molar-refractivity contribution in [1.82, 2.24) is 9.55 Å². The van der Waals surface area contributed by atoms with E-state index in [1.807, 2.05) is 12.1 Å². The number of thioether (sulfide) groups is 1. The number of hydrogen-bond donors (Lipinski definition) is 2. The fourth-order valence-corrected chi connectivity index (χ4v) is 3.62. The Labute approximate surface area is 171 Å². The molecule has 0 aliphatic rings. The van der Waals surface area contributed by atoms with Gasteiger partial charge in [0.1, 0.15) is 0 Å². The molecule has 0 atom stereocenters. The summed E-state index contributed by atoms with van der Waals surface area (Å²) >= 11 is 1.21. The highest BCUT2D eigenvalue weighted by molar-refractivity contribution is 7.99. The van der Waals surface area contributed by atoms with Crippen LogP contribution < -0.4 is 10.9 Å². The number of amides is 1. The predicted molar refractivity (Wildman–Crippen MR) is 114 cm³/mol. The van der Waals surface area contributed by atoms with Crippen LogP contribution in [-0.4, -0.2) is 32.3 Å². The summed E-state index contributed by atoms with van der Waals surface area (Å²) in [5.74, 6) is -1.20. The predicted octanol–water partition coefficient (Wildman–Crippen LogP) is 3.63. The molecule has 0 saturated carbocycles. The second-order valence-electron chi connectivity index (χ2n) is 6.44. The molecule has 0 aliphatic heterocycles. The third-order valence-corrected chi connectivity index (χ3v) is 5.29. The molecule has 1 aromatic heterocycles. The molecule has 0 spiro atoms. The smallest absolute Gasteiger partial charge is 0.335 e. The maximum Gasteiger partial charge on any atom is 0.335 e. The number of fused-ring (bicyclic) bond motifs is 1.